The van der Waals surface area contributed by atoms with E-state index < -0.39 is 18.3 Å². The fourth-order valence-electron chi connectivity index (χ4n) is 4.54. The molecule has 0 amide bonds. The minimum Gasteiger partial charge on any atom is -0.478 e. The average molecular weight is 539 g/mol. The number of para-hydroxylation sites is 1. The van der Waals surface area contributed by atoms with E-state index in [2.05, 4.69) is 33.7 Å². The van der Waals surface area contributed by atoms with Gasteiger partial charge in [0.15, 0.2) is 0 Å². The fourth-order valence-corrected chi connectivity index (χ4v) is 4.54. The van der Waals surface area contributed by atoms with Gasteiger partial charge in [0.25, 0.3) is 0 Å². The normalized spacial score (nSPS) is 12.5. The number of halogens is 3. The van der Waals surface area contributed by atoms with Crippen LogP contribution in [0.3, 0.4) is 0 Å². The first kappa shape index (κ1) is 27.4. The van der Waals surface area contributed by atoms with Gasteiger partial charge in [0.1, 0.15) is 5.75 Å². The molecule has 1 aliphatic rings. The van der Waals surface area contributed by atoms with Gasteiger partial charge in [-0.2, -0.15) is 0 Å². The van der Waals surface area contributed by atoms with Gasteiger partial charge < -0.3 is 19.8 Å². The van der Waals surface area contributed by atoms with Gasteiger partial charge in [-0.3, -0.25) is 4.98 Å². The Labute approximate surface area is 222 Å². The molecule has 2 heterocycles. The Morgan fingerprint density at radius 3 is 2.44 bits per heavy atom. The Kier molecular flexibility index (Phi) is 7.75. The van der Waals surface area contributed by atoms with Crippen LogP contribution in [0, 0.1) is 6.92 Å². The van der Waals surface area contributed by atoms with E-state index in [0.717, 1.165) is 42.4 Å². The van der Waals surface area contributed by atoms with E-state index in [0.29, 0.717) is 16.5 Å². The van der Waals surface area contributed by atoms with Crippen LogP contribution in [-0.2, 0) is 12.8 Å². The zero-order chi connectivity index (χ0) is 28.3. The largest absolute Gasteiger partial charge is 0.573 e. The summed E-state index contributed by atoms with van der Waals surface area (Å²) >= 11 is 0. The standard InChI is InChI=1S/C20H17F3N2O.C9H8O4/c1-2-13-5-3-4-6-18(13)25-10-9-14-12-24-17-8-7-15(26-20(21,22)23)11-16(17)19(14)25;1-5-2-3-6(8(10)11)4-7(5)9(12)13/h3-8,11-12H,2,9-10H2,1H3;2-4H,1H3,(H,10,11)(H,12,13). The summed E-state index contributed by atoms with van der Waals surface area (Å²) in [4.78, 5) is 27.7. The number of ether oxygens (including phenoxy) is 1. The summed E-state index contributed by atoms with van der Waals surface area (Å²) in [5.74, 6) is -2.46. The van der Waals surface area contributed by atoms with Crippen molar-refractivity contribution >= 4 is 34.2 Å². The zero-order valence-corrected chi connectivity index (χ0v) is 21.1. The minimum atomic E-state index is -4.71. The smallest absolute Gasteiger partial charge is 0.478 e. The van der Waals surface area contributed by atoms with Gasteiger partial charge in [0.05, 0.1) is 22.3 Å². The number of alkyl halides is 3. The van der Waals surface area contributed by atoms with Crippen LogP contribution >= 0.6 is 0 Å². The maximum absolute atomic E-state index is 12.6. The SMILES string of the molecule is CCc1ccccc1N1CCc2cnc3ccc(OC(F)(F)F)cc3c21.Cc1ccc(C(=O)O)cc1C(=O)O. The minimum absolute atomic E-state index is 0.0111. The quantitative estimate of drug-likeness (QED) is 0.289. The van der Waals surface area contributed by atoms with E-state index in [-0.39, 0.29) is 16.9 Å². The number of aromatic carboxylic acids is 2. The maximum Gasteiger partial charge on any atom is 0.573 e. The number of nitrogens with zero attached hydrogens (tertiary/aromatic N) is 2. The number of hydrogen-bond acceptors (Lipinski definition) is 5. The molecule has 1 aliphatic heterocycles. The van der Waals surface area contributed by atoms with Crippen molar-refractivity contribution in [2.24, 2.45) is 0 Å². The first-order valence-corrected chi connectivity index (χ1v) is 12.1. The van der Waals surface area contributed by atoms with Crippen molar-refractivity contribution in [1.29, 1.82) is 0 Å². The zero-order valence-electron chi connectivity index (χ0n) is 21.1. The molecule has 0 atom stereocenters. The Hall–Kier alpha value is -4.60. The third kappa shape index (κ3) is 6.11. The van der Waals surface area contributed by atoms with Gasteiger partial charge in [-0.15, -0.1) is 13.2 Å². The molecule has 10 heteroatoms. The Morgan fingerprint density at radius 2 is 1.77 bits per heavy atom. The lowest BCUT2D eigenvalue weighted by Gasteiger charge is -2.24. The molecule has 4 aromatic rings. The molecule has 0 saturated carbocycles. The highest BCUT2D eigenvalue weighted by molar-refractivity contribution is 5.98. The molecule has 0 fully saturated rings. The first-order valence-electron chi connectivity index (χ1n) is 12.1. The Morgan fingerprint density at radius 1 is 1.03 bits per heavy atom. The van der Waals surface area contributed by atoms with E-state index in [1.165, 1.54) is 29.8 Å². The molecule has 0 saturated heterocycles. The Balaban J connectivity index is 0.000000229. The number of rotatable bonds is 5. The molecule has 1 aromatic heterocycles. The van der Waals surface area contributed by atoms with Gasteiger partial charge >= 0.3 is 18.3 Å². The molecule has 0 radical (unpaired) electrons. The van der Waals surface area contributed by atoms with Crippen LogP contribution in [0.4, 0.5) is 24.5 Å². The molecule has 39 heavy (non-hydrogen) atoms. The number of hydrogen-bond donors (Lipinski definition) is 2. The summed E-state index contributed by atoms with van der Waals surface area (Å²) in [7, 11) is 0. The summed E-state index contributed by atoms with van der Waals surface area (Å²) in [6, 6.07) is 16.4. The fraction of sp³-hybridized carbons (Fsp3) is 0.207. The average Bonchev–Trinajstić information content (AvgIpc) is 3.32. The molecule has 2 N–H and O–H groups in total. The third-order valence-corrected chi connectivity index (χ3v) is 6.37. The van der Waals surface area contributed by atoms with Gasteiger partial charge in [0, 0.05) is 23.8 Å². The van der Waals surface area contributed by atoms with Gasteiger partial charge in [-0.25, -0.2) is 9.59 Å². The van der Waals surface area contributed by atoms with Crippen molar-refractivity contribution in [1.82, 2.24) is 4.98 Å². The second-order valence-electron chi connectivity index (χ2n) is 8.88. The van der Waals surface area contributed by atoms with Crippen LogP contribution in [0.15, 0.2) is 66.9 Å². The van der Waals surface area contributed by atoms with E-state index in [1.807, 2.05) is 18.3 Å². The van der Waals surface area contributed by atoms with Crippen LogP contribution < -0.4 is 9.64 Å². The van der Waals surface area contributed by atoms with Crippen molar-refractivity contribution in [3.63, 3.8) is 0 Å². The van der Waals surface area contributed by atoms with Gasteiger partial charge in [-0.1, -0.05) is 31.2 Å². The lowest BCUT2D eigenvalue weighted by molar-refractivity contribution is -0.274. The molecular weight excluding hydrogens is 513 g/mol. The molecule has 202 valence electrons. The van der Waals surface area contributed by atoms with Crippen molar-refractivity contribution in [3.8, 4) is 5.75 Å². The monoisotopic (exact) mass is 538 g/mol. The molecule has 7 nitrogen and oxygen atoms in total. The van der Waals surface area contributed by atoms with Crippen LogP contribution in [-0.4, -0.2) is 40.0 Å². The van der Waals surface area contributed by atoms with Crippen LogP contribution in [0.5, 0.6) is 5.75 Å². The summed E-state index contributed by atoms with van der Waals surface area (Å²) in [5.41, 5.74) is 5.46. The second-order valence-corrected chi connectivity index (χ2v) is 8.88. The maximum atomic E-state index is 12.6. The highest BCUT2D eigenvalue weighted by Crippen LogP contribution is 2.42. The van der Waals surface area contributed by atoms with Crippen molar-refractivity contribution in [3.05, 3.63) is 94.7 Å². The first-order chi connectivity index (χ1) is 18.5. The van der Waals surface area contributed by atoms with Crippen molar-refractivity contribution in [2.75, 3.05) is 11.4 Å². The summed E-state index contributed by atoms with van der Waals surface area (Å²) in [5, 5.41) is 17.9. The number of carbonyl (C=O) groups is 2. The van der Waals surface area contributed by atoms with Crippen molar-refractivity contribution in [2.45, 2.75) is 33.1 Å². The molecule has 0 aliphatic carbocycles. The van der Waals surface area contributed by atoms with Crippen LogP contribution in [0.1, 0.15) is 44.3 Å². The molecule has 0 bridgehead atoms. The highest BCUT2D eigenvalue weighted by atomic mass is 19.4. The Bertz CT molecular complexity index is 1550. The molecule has 5 rings (SSSR count). The second kappa shape index (κ2) is 11.0. The van der Waals surface area contributed by atoms with Crippen molar-refractivity contribution < 1.29 is 37.7 Å². The number of pyridine rings is 1. The van der Waals surface area contributed by atoms with E-state index >= 15 is 0 Å². The summed E-state index contributed by atoms with van der Waals surface area (Å²) < 4.78 is 41.9. The van der Waals surface area contributed by atoms with Gasteiger partial charge in [0.2, 0.25) is 0 Å². The molecule has 3 aromatic carbocycles. The van der Waals surface area contributed by atoms with E-state index in [1.54, 1.807) is 13.0 Å². The predicted molar refractivity (Wildman–Crippen MR) is 140 cm³/mol. The number of fused-ring (bicyclic) bond motifs is 3. The molecular formula is C29H25F3N2O5. The summed E-state index contributed by atoms with van der Waals surface area (Å²) in [6.07, 6.45) is -1.21. The number of aryl methyl sites for hydroxylation is 2. The molecule has 0 unspecified atom stereocenters. The highest BCUT2D eigenvalue weighted by Gasteiger charge is 2.32. The lowest BCUT2D eigenvalue weighted by Crippen LogP contribution is -2.17. The van der Waals surface area contributed by atoms with Crippen LogP contribution in [0.25, 0.3) is 10.9 Å². The topological polar surface area (TPSA) is 100.0 Å². The van der Waals surface area contributed by atoms with Crippen LogP contribution in [0.2, 0.25) is 0 Å². The van der Waals surface area contributed by atoms with E-state index in [4.69, 9.17) is 10.2 Å². The predicted octanol–water partition coefficient (Wildman–Crippen LogP) is 6.78. The molecule has 0 spiro atoms. The third-order valence-electron chi connectivity index (χ3n) is 6.37. The number of carboxylic acid groups (broad SMARTS) is 2. The number of carboxylic acids is 2. The van der Waals surface area contributed by atoms with E-state index in [9.17, 15) is 22.8 Å². The van der Waals surface area contributed by atoms with Gasteiger partial charge in [-0.05, 0) is 72.9 Å². The summed E-state index contributed by atoms with van der Waals surface area (Å²) in [6.45, 7) is 4.49. The lowest BCUT2D eigenvalue weighted by atomic mass is 10.1. The number of aromatic nitrogens is 1. The number of anilines is 2. The number of benzene rings is 3.